The van der Waals surface area contributed by atoms with Crippen LogP contribution in [0.15, 0.2) is 18.2 Å². The Morgan fingerprint density at radius 3 is 2.71 bits per heavy atom. The molecule has 0 radical (unpaired) electrons. The molecule has 1 aromatic rings. The summed E-state index contributed by atoms with van der Waals surface area (Å²) in [6.07, 6.45) is 4.92. The summed E-state index contributed by atoms with van der Waals surface area (Å²) in [7, 11) is 1.33. The number of hydrogen-bond acceptors (Lipinski definition) is 5. The van der Waals surface area contributed by atoms with Crippen molar-refractivity contribution in [2.45, 2.75) is 44.3 Å². The van der Waals surface area contributed by atoms with Crippen LogP contribution in [0.4, 0.5) is 0 Å². The Labute approximate surface area is 125 Å². The van der Waals surface area contributed by atoms with Crippen LogP contribution < -0.4 is 10.5 Å². The molecule has 1 atom stereocenters. The molecule has 2 rings (SSSR count). The zero-order chi connectivity index (χ0) is 15.2. The zero-order valence-electron chi connectivity index (χ0n) is 12.4. The average molecular weight is 293 g/mol. The van der Waals surface area contributed by atoms with Gasteiger partial charge in [-0.15, -0.1) is 0 Å². The quantitative estimate of drug-likeness (QED) is 0.813. The van der Waals surface area contributed by atoms with Gasteiger partial charge in [-0.1, -0.05) is 12.5 Å². The van der Waals surface area contributed by atoms with Crippen molar-refractivity contribution in [3.63, 3.8) is 0 Å². The van der Waals surface area contributed by atoms with E-state index in [1.165, 1.54) is 13.5 Å². The summed E-state index contributed by atoms with van der Waals surface area (Å²) in [5, 5.41) is 9.80. The fourth-order valence-corrected chi connectivity index (χ4v) is 2.63. The van der Waals surface area contributed by atoms with Gasteiger partial charge in [-0.25, -0.2) is 4.79 Å². The molecule has 5 nitrogen and oxygen atoms in total. The molecule has 0 aromatic heterocycles. The SMILES string of the molecule is COC(=O)c1cc(C(O)CN)ccc1OC1CCCCC1. The van der Waals surface area contributed by atoms with Crippen LogP contribution in [0.2, 0.25) is 0 Å². The van der Waals surface area contributed by atoms with Gasteiger partial charge in [0.25, 0.3) is 0 Å². The van der Waals surface area contributed by atoms with E-state index in [9.17, 15) is 9.90 Å². The topological polar surface area (TPSA) is 81.8 Å². The average Bonchev–Trinajstić information content (AvgIpc) is 2.54. The largest absolute Gasteiger partial charge is 0.490 e. The Bertz CT molecular complexity index is 483. The molecule has 0 spiro atoms. The van der Waals surface area contributed by atoms with Gasteiger partial charge in [-0.3, -0.25) is 0 Å². The predicted molar refractivity (Wildman–Crippen MR) is 79.3 cm³/mol. The van der Waals surface area contributed by atoms with E-state index in [-0.39, 0.29) is 12.6 Å². The van der Waals surface area contributed by atoms with Gasteiger partial charge in [0.15, 0.2) is 0 Å². The molecule has 0 heterocycles. The van der Waals surface area contributed by atoms with Crippen LogP contribution in [0.1, 0.15) is 54.1 Å². The number of rotatable bonds is 5. The molecule has 5 heteroatoms. The maximum Gasteiger partial charge on any atom is 0.341 e. The predicted octanol–water partition coefficient (Wildman–Crippen LogP) is 2.18. The number of benzene rings is 1. The van der Waals surface area contributed by atoms with E-state index in [4.69, 9.17) is 15.2 Å². The van der Waals surface area contributed by atoms with Crippen LogP contribution in [0, 0.1) is 0 Å². The lowest BCUT2D eigenvalue weighted by atomic mass is 9.97. The van der Waals surface area contributed by atoms with Crippen molar-refractivity contribution in [3.8, 4) is 5.75 Å². The van der Waals surface area contributed by atoms with E-state index in [2.05, 4.69) is 0 Å². The molecule has 0 aliphatic heterocycles. The van der Waals surface area contributed by atoms with E-state index in [0.717, 1.165) is 25.7 Å². The fourth-order valence-electron chi connectivity index (χ4n) is 2.63. The lowest BCUT2D eigenvalue weighted by molar-refractivity contribution is 0.0590. The third-order valence-corrected chi connectivity index (χ3v) is 3.86. The van der Waals surface area contributed by atoms with Crippen LogP contribution in [-0.2, 0) is 4.74 Å². The van der Waals surface area contributed by atoms with Gasteiger partial charge >= 0.3 is 5.97 Å². The van der Waals surface area contributed by atoms with Crippen molar-refractivity contribution < 1.29 is 19.4 Å². The molecule has 116 valence electrons. The molecular formula is C16H23NO4. The van der Waals surface area contributed by atoms with Crippen molar-refractivity contribution in [1.82, 2.24) is 0 Å². The van der Waals surface area contributed by atoms with Crippen molar-refractivity contribution in [3.05, 3.63) is 29.3 Å². The van der Waals surface area contributed by atoms with Crippen molar-refractivity contribution in [2.24, 2.45) is 5.73 Å². The summed E-state index contributed by atoms with van der Waals surface area (Å²) in [6.45, 7) is 0.101. The summed E-state index contributed by atoms with van der Waals surface area (Å²) in [5.41, 5.74) is 6.39. The molecule has 1 saturated carbocycles. The highest BCUT2D eigenvalue weighted by Crippen LogP contribution is 2.28. The molecule has 0 bridgehead atoms. The van der Waals surface area contributed by atoms with Crippen LogP contribution >= 0.6 is 0 Å². The molecular weight excluding hydrogens is 270 g/mol. The highest BCUT2D eigenvalue weighted by Gasteiger charge is 2.21. The number of carbonyl (C=O) groups is 1. The Balaban J connectivity index is 2.24. The number of hydrogen-bond donors (Lipinski definition) is 2. The second-order valence-electron chi connectivity index (χ2n) is 5.38. The normalized spacial score (nSPS) is 17.3. The first kappa shape index (κ1) is 15.8. The van der Waals surface area contributed by atoms with Gasteiger partial charge in [0, 0.05) is 6.54 Å². The first-order chi connectivity index (χ1) is 10.2. The molecule has 0 amide bonds. The van der Waals surface area contributed by atoms with E-state index in [1.807, 2.05) is 0 Å². The number of carbonyl (C=O) groups excluding carboxylic acids is 1. The second kappa shape index (κ2) is 7.43. The Morgan fingerprint density at radius 1 is 1.38 bits per heavy atom. The summed E-state index contributed by atoms with van der Waals surface area (Å²) >= 11 is 0. The molecule has 1 aliphatic carbocycles. The third-order valence-electron chi connectivity index (χ3n) is 3.86. The van der Waals surface area contributed by atoms with Gasteiger partial charge in [-0.05, 0) is 43.4 Å². The van der Waals surface area contributed by atoms with E-state index >= 15 is 0 Å². The summed E-state index contributed by atoms with van der Waals surface area (Å²) in [4.78, 5) is 11.9. The smallest absolute Gasteiger partial charge is 0.341 e. The van der Waals surface area contributed by atoms with Crippen LogP contribution in [0.3, 0.4) is 0 Å². The summed E-state index contributed by atoms with van der Waals surface area (Å²) < 4.78 is 10.8. The number of esters is 1. The second-order valence-corrected chi connectivity index (χ2v) is 5.38. The Hall–Kier alpha value is -1.59. The van der Waals surface area contributed by atoms with E-state index < -0.39 is 12.1 Å². The van der Waals surface area contributed by atoms with E-state index in [0.29, 0.717) is 16.9 Å². The van der Waals surface area contributed by atoms with Crippen LogP contribution in [-0.4, -0.2) is 30.8 Å². The van der Waals surface area contributed by atoms with Gasteiger partial charge in [-0.2, -0.15) is 0 Å². The lowest BCUT2D eigenvalue weighted by Crippen LogP contribution is -2.21. The Morgan fingerprint density at radius 2 is 2.10 bits per heavy atom. The first-order valence-electron chi connectivity index (χ1n) is 7.42. The molecule has 1 fully saturated rings. The number of nitrogens with two attached hydrogens (primary N) is 1. The van der Waals surface area contributed by atoms with Crippen LogP contribution in [0.5, 0.6) is 5.75 Å². The molecule has 0 saturated heterocycles. The minimum absolute atomic E-state index is 0.101. The van der Waals surface area contributed by atoms with E-state index in [1.54, 1.807) is 18.2 Å². The molecule has 21 heavy (non-hydrogen) atoms. The Kier molecular flexibility index (Phi) is 5.59. The first-order valence-corrected chi connectivity index (χ1v) is 7.42. The number of aliphatic hydroxyl groups is 1. The highest BCUT2D eigenvalue weighted by atomic mass is 16.5. The minimum atomic E-state index is -0.794. The third kappa shape index (κ3) is 3.95. The van der Waals surface area contributed by atoms with Crippen LogP contribution in [0.25, 0.3) is 0 Å². The van der Waals surface area contributed by atoms with Gasteiger partial charge in [0.05, 0.1) is 19.3 Å². The molecule has 1 unspecified atom stereocenters. The van der Waals surface area contributed by atoms with Crippen molar-refractivity contribution in [2.75, 3.05) is 13.7 Å². The lowest BCUT2D eigenvalue weighted by Gasteiger charge is -2.24. The highest BCUT2D eigenvalue weighted by molar-refractivity contribution is 5.92. The standard InChI is InChI=1S/C16H23NO4/c1-20-16(19)13-9-11(14(18)10-17)7-8-15(13)21-12-5-3-2-4-6-12/h7-9,12,14,18H,2-6,10,17H2,1H3. The molecule has 3 N–H and O–H groups in total. The minimum Gasteiger partial charge on any atom is -0.490 e. The maximum absolute atomic E-state index is 11.9. The monoisotopic (exact) mass is 293 g/mol. The zero-order valence-corrected chi connectivity index (χ0v) is 12.4. The van der Waals surface area contributed by atoms with Gasteiger partial charge in [0.1, 0.15) is 11.3 Å². The summed E-state index contributed by atoms with van der Waals surface area (Å²) in [5.74, 6) is 0.0496. The van der Waals surface area contributed by atoms with Gasteiger partial charge < -0.3 is 20.3 Å². The number of ether oxygens (including phenoxy) is 2. The number of aliphatic hydroxyl groups excluding tert-OH is 1. The fraction of sp³-hybridized carbons (Fsp3) is 0.562. The van der Waals surface area contributed by atoms with Crippen molar-refractivity contribution in [1.29, 1.82) is 0 Å². The molecule has 1 aromatic carbocycles. The van der Waals surface area contributed by atoms with Crippen molar-refractivity contribution >= 4 is 5.97 Å². The van der Waals surface area contributed by atoms with Gasteiger partial charge in [0.2, 0.25) is 0 Å². The molecule has 1 aliphatic rings. The maximum atomic E-state index is 11.9. The summed E-state index contributed by atoms with van der Waals surface area (Å²) in [6, 6.07) is 5.05. The number of methoxy groups -OCH3 is 1.